The van der Waals surface area contributed by atoms with Gasteiger partial charge in [0.05, 0.1) is 31.5 Å². The molecule has 5 unspecified atom stereocenters. The molecular weight excluding hydrogens is 212 g/mol. The Bertz CT molecular complexity index is 218. The molecular formula is C11H22O5. The summed E-state index contributed by atoms with van der Waals surface area (Å²) in [6.07, 6.45) is -2.25. The van der Waals surface area contributed by atoms with E-state index in [1.807, 2.05) is 6.92 Å². The molecule has 0 aromatic heterocycles. The Morgan fingerprint density at radius 1 is 1.38 bits per heavy atom. The van der Waals surface area contributed by atoms with Gasteiger partial charge in [-0.25, -0.2) is 0 Å². The third-order valence-corrected chi connectivity index (χ3v) is 3.48. The summed E-state index contributed by atoms with van der Waals surface area (Å²) in [5.74, 6) is 0. The highest BCUT2D eigenvalue weighted by atomic mass is 16.5. The monoisotopic (exact) mass is 234 g/mol. The van der Waals surface area contributed by atoms with Gasteiger partial charge in [-0.1, -0.05) is 13.8 Å². The van der Waals surface area contributed by atoms with Gasteiger partial charge in [0.1, 0.15) is 6.10 Å². The quantitative estimate of drug-likeness (QED) is 0.613. The van der Waals surface area contributed by atoms with E-state index in [4.69, 9.17) is 9.47 Å². The lowest BCUT2D eigenvalue weighted by Crippen LogP contribution is -2.62. The Labute approximate surface area is 96.0 Å². The van der Waals surface area contributed by atoms with Crippen LogP contribution in [0.1, 0.15) is 20.3 Å². The molecule has 0 radical (unpaired) electrons. The first-order valence-corrected chi connectivity index (χ1v) is 5.62. The van der Waals surface area contributed by atoms with E-state index in [1.54, 1.807) is 6.92 Å². The van der Waals surface area contributed by atoms with Gasteiger partial charge in [0.2, 0.25) is 0 Å². The molecule has 5 atom stereocenters. The predicted octanol–water partition coefficient (Wildman–Crippen LogP) is -0.469. The number of rotatable bonds is 4. The van der Waals surface area contributed by atoms with Crippen molar-refractivity contribution in [1.82, 2.24) is 0 Å². The minimum atomic E-state index is -0.955. The van der Waals surface area contributed by atoms with Gasteiger partial charge in [-0.15, -0.1) is 0 Å². The van der Waals surface area contributed by atoms with Gasteiger partial charge in [-0.05, 0) is 6.42 Å². The van der Waals surface area contributed by atoms with E-state index in [-0.39, 0.29) is 13.2 Å². The molecule has 16 heavy (non-hydrogen) atoms. The summed E-state index contributed by atoms with van der Waals surface area (Å²) in [6.45, 7) is 3.65. The molecule has 1 aliphatic heterocycles. The zero-order chi connectivity index (χ0) is 12.3. The topological polar surface area (TPSA) is 79.2 Å². The Kier molecular flexibility index (Phi) is 4.70. The SMILES string of the molecule is CCC1OC(CO)C(C)(COC)C(O)C1O. The maximum atomic E-state index is 10.1. The minimum absolute atomic E-state index is 0.194. The lowest BCUT2D eigenvalue weighted by Gasteiger charge is -2.49. The van der Waals surface area contributed by atoms with Gasteiger partial charge in [-0.2, -0.15) is 0 Å². The average molecular weight is 234 g/mol. The van der Waals surface area contributed by atoms with Crippen molar-refractivity contribution < 1.29 is 24.8 Å². The second-order valence-corrected chi connectivity index (χ2v) is 4.63. The van der Waals surface area contributed by atoms with Crippen LogP contribution in [0.2, 0.25) is 0 Å². The number of hydrogen-bond donors (Lipinski definition) is 3. The molecule has 0 aromatic carbocycles. The predicted molar refractivity (Wildman–Crippen MR) is 58.0 cm³/mol. The molecule has 0 aliphatic carbocycles. The van der Waals surface area contributed by atoms with Crippen LogP contribution in [0.4, 0.5) is 0 Å². The fraction of sp³-hybridized carbons (Fsp3) is 1.00. The summed E-state index contributed by atoms with van der Waals surface area (Å²) < 4.78 is 10.6. The zero-order valence-electron chi connectivity index (χ0n) is 10.1. The summed E-state index contributed by atoms with van der Waals surface area (Å²) in [4.78, 5) is 0. The highest BCUT2D eigenvalue weighted by Gasteiger charge is 2.51. The second-order valence-electron chi connectivity index (χ2n) is 4.63. The average Bonchev–Trinajstić information content (AvgIpc) is 2.27. The Balaban J connectivity index is 2.89. The summed E-state index contributed by atoms with van der Waals surface area (Å²) >= 11 is 0. The van der Waals surface area contributed by atoms with E-state index >= 15 is 0 Å². The molecule has 1 aliphatic rings. The summed E-state index contributed by atoms with van der Waals surface area (Å²) in [5.41, 5.74) is -0.783. The number of methoxy groups -OCH3 is 1. The molecule has 0 amide bonds. The van der Waals surface area contributed by atoms with Crippen LogP contribution in [0.3, 0.4) is 0 Å². The maximum Gasteiger partial charge on any atom is 0.107 e. The van der Waals surface area contributed by atoms with Crippen LogP contribution in [0.5, 0.6) is 0 Å². The Morgan fingerprint density at radius 2 is 2.00 bits per heavy atom. The Hall–Kier alpha value is -0.200. The minimum Gasteiger partial charge on any atom is -0.394 e. The second kappa shape index (κ2) is 5.42. The molecule has 0 bridgehead atoms. The number of ether oxygens (including phenoxy) is 2. The first kappa shape index (κ1) is 13.9. The van der Waals surface area contributed by atoms with Crippen LogP contribution in [0, 0.1) is 5.41 Å². The van der Waals surface area contributed by atoms with Crippen LogP contribution < -0.4 is 0 Å². The van der Waals surface area contributed by atoms with Crippen molar-refractivity contribution in [2.75, 3.05) is 20.3 Å². The third-order valence-electron chi connectivity index (χ3n) is 3.48. The maximum absolute atomic E-state index is 10.1. The van der Waals surface area contributed by atoms with Crippen molar-refractivity contribution in [3.05, 3.63) is 0 Å². The van der Waals surface area contributed by atoms with Crippen LogP contribution in [0.15, 0.2) is 0 Å². The molecule has 1 heterocycles. The van der Waals surface area contributed by atoms with Crippen molar-refractivity contribution in [2.45, 2.75) is 44.7 Å². The van der Waals surface area contributed by atoms with Crippen molar-refractivity contribution in [3.63, 3.8) is 0 Å². The highest BCUT2D eigenvalue weighted by molar-refractivity contribution is 4.99. The molecule has 1 saturated heterocycles. The lowest BCUT2D eigenvalue weighted by atomic mass is 9.73. The summed E-state index contributed by atoms with van der Waals surface area (Å²) in [6, 6.07) is 0. The molecule has 0 spiro atoms. The van der Waals surface area contributed by atoms with Crippen molar-refractivity contribution in [1.29, 1.82) is 0 Å². The van der Waals surface area contributed by atoms with Crippen molar-refractivity contribution in [2.24, 2.45) is 5.41 Å². The molecule has 5 nitrogen and oxygen atoms in total. The molecule has 5 heteroatoms. The van der Waals surface area contributed by atoms with Crippen LogP contribution >= 0.6 is 0 Å². The molecule has 1 fully saturated rings. The van der Waals surface area contributed by atoms with E-state index in [9.17, 15) is 15.3 Å². The van der Waals surface area contributed by atoms with E-state index in [0.29, 0.717) is 6.42 Å². The van der Waals surface area contributed by atoms with Gasteiger partial charge in [0, 0.05) is 12.5 Å². The summed E-state index contributed by atoms with van der Waals surface area (Å²) in [7, 11) is 1.52. The fourth-order valence-electron chi connectivity index (χ4n) is 2.31. The zero-order valence-corrected chi connectivity index (χ0v) is 10.1. The lowest BCUT2D eigenvalue weighted by molar-refractivity contribution is -0.253. The van der Waals surface area contributed by atoms with Gasteiger partial charge in [0.25, 0.3) is 0 Å². The van der Waals surface area contributed by atoms with E-state index in [2.05, 4.69) is 0 Å². The standard InChI is InChI=1S/C11H22O5/c1-4-7-9(13)10(14)11(2,6-15-3)8(5-12)16-7/h7-10,12-14H,4-6H2,1-3H3. The highest BCUT2D eigenvalue weighted by Crippen LogP contribution is 2.37. The van der Waals surface area contributed by atoms with Gasteiger partial charge in [0.15, 0.2) is 0 Å². The number of aliphatic hydroxyl groups excluding tert-OH is 3. The number of aliphatic hydroxyl groups is 3. The Morgan fingerprint density at radius 3 is 2.44 bits per heavy atom. The molecule has 1 rings (SSSR count). The first-order valence-electron chi connectivity index (χ1n) is 5.62. The number of hydrogen-bond acceptors (Lipinski definition) is 5. The van der Waals surface area contributed by atoms with Gasteiger partial charge >= 0.3 is 0 Å². The van der Waals surface area contributed by atoms with Gasteiger partial charge in [-0.3, -0.25) is 0 Å². The van der Waals surface area contributed by atoms with Crippen LogP contribution in [0.25, 0.3) is 0 Å². The summed E-state index contributed by atoms with van der Waals surface area (Å²) in [5, 5.41) is 29.3. The fourth-order valence-corrected chi connectivity index (χ4v) is 2.31. The van der Waals surface area contributed by atoms with E-state index < -0.39 is 29.8 Å². The molecule has 0 saturated carbocycles. The van der Waals surface area contributed by atoms with E-state index in [1.165, 1.54) is 7.11 Å². The first-order chi connectivity index (χ1) is 7.51. The van der Waals surface area contributed by atoms with Crippen LogP contribution in [-0.4, -0.2) is 60.1 Å². The largest absolute Gasteiger partial charge is 0.394 e. The third kappa shape index (κ3) is 2.24. The normalized spacial score (nSPS) is 44.6. The smallest absolute Gasteiger partial charge is 0.107 e. The molecule has 96 valence electrons. The van der Waals surface area contributed by atoms with Crippen molar-refractivity contribution in [3.8, 4) is 0 Å². The van der Waals surface area contributed by atoms with E-state index in [0.717, 1.165) is 0 Å². The van der Waals surface area contributed by atoms with Gasteiger partial charge < -0.3 is 24.8 Å². The molecule has 3 N–H and O–H groups in total. The van der Waals surface area contributed by atoms with Crippen LogP contribution in [-0.2, 0) is 9.47 Å². The molecule has 0 aromatic rings. The van der Waals surface area contributed by atoms with Crippen molar-refractivity contribution >= 4 is 0 Å².